The van der Waals surface area contributed by atoms with Crippen molar-refractivity contribution in [2.45, 2.75) is 13.5 Å². The smallest absolute Gasteiger partial charge is 0.0409 e. The van der Waals surface area contributed by atoms with Gasteiger partial charge in [0, 0.05) is 24.0 Å². The normalized spacial score (nSPS) is 10.4. The minimum absolute atomic E-state index is 0.484. The lowest BCUT2D eigenvalue weighted by atomic mass is 9.97. The molecule has 0 radical (unpaired) electrons. The molecule has 82 valence electrons. The third-order valence-electron chi connectivity index (χ3n) is 2.60. The molecule has 2 N–H and O–H groups in total. The zero-order valence-electron chi connectivity index (χ0n) is 9.07. The summed E-state index contributed by atoms with van der Waals surface area (Å²) in [6.45, 7) is 2.52. The van der Waals surface area contributed by atoms with Gasteiger partial charge in [-0.25, -0.2) is 0 Å². The molecule has 0 saturated carbocycles. The lowest BCUT2D eigenvalue weighted by molar-refractivity contribution is 1.07. The Balaban J connectivity index is 2.60. The van der Waals surface area contributed by atoms with Crippen LogP contribution in [0.3, 0.4) is 0 Å². The summed E-state index contributed by atoms with van der Waals surface area (Å²) in [7, 11) is 0. The molecule has 0 unspecified atom stereocenters. The van der Waals surface area contributed by atoms with Crippen molar-refractivity contribution in [3.8, 4) is 11.1 Å². The van der Waals surface area contributed by atoms with Crippen LogP contribution in [0, 0.1) is 6.92 Å². The van der Waals surface area contributed by atoms with Gasteiger partial charge >= 0.3 is 0 Å². The SMILES string of the molecule is Cc1cnccc1-c1ccc(Cl)cc1CN. The first kappa shape index (κ1) is 11.1. The van der Waals surface area contributed by atoms with Crippen LogP contribution in [0.25, 0.3) is 11.1 Å². The first-order valence-corrected chi connectivity index (χ1v) is 5.49. The van der Waals surface area contributed by atoms with E-state index in [4.69, 9.17) is 17.3 Å². The zero-order valence-corrected chi connectivity index (χ0v) is 9.83. The summed E-state index contributed by atoms with van der Waals surface area (Å²) >= 11 is 5.95. The van der Waals surface area contributed by atoms with E-state index in [0.717, 1.165) is 27.3 Å². The molecular weight excluding hydrogens is 220 g/mol. The molecule has 1 heterocycles. The van der Waals surface area contributed by atoms with Crippen molar-refractivity contribution in [1.82, 2.24) is 4.98 Å². The molecule has 0 saturated heterocycles. The Bertz CT molecular complexity index is 509. The number of nitrogens with two attached hydrogens (primary N) is 1. The Hall–Kier alpha value is -1.38. The number of hydrogen-bond acceptors (Lipinski definition) is 2. The molecular formula is C13H13ClN2. The van der Waals surface area contributed by atoms with Crippen molar-refractivity contribution in [3.05, 3.63) is 52.8 Å². The molecule has 1 aromatic carbocycles. The minimum Gasteiger partial charge on any atom is -0.326 e. The van der Waals surface area contributed by atoms with E-state index in [-0.39, 0.29) is 0 Å². The molecule has 0 aliphatic rings. The zero-order chi connectivity index (χ0) is 11.5. The maximum atomic E-state index is 5.95. The molecule has 0 bridgehead atoms. The Morgan fingerprint density at radius 2 is 2.06 bits per heavy atom. The quantitative estimate of drug-likeness (QED) is 0.864. The average molecular weight is 233 g/mol. The van der Waals surface area contributed by atoms with Gasteiger partial charge in [0.05, 0.1) is 0 Å². The lowest BCUT2D eigenvalue weighted by Crippen LogP contribution is -1.99. The van der Waals surface area contributed by atoms with Crippen LogP contribution in [0.4, 0.5) is 0 Å². The van der Waals surface area contributed by atoms with Gasteiger partial charge in [0.15, 0.2) is 0 Å². The maximum absolute atomic E-state index is 5.95. The van der Waals surface area contributed by atoms with Gasteiger partial charge in [-0.2, -0.15) is 0 Å². The number of halogens is 1. The van der Waals surface area contributed by atoms with Crippen molar-refractivity contribution < 1.29 is 0 Å². The van der Waals surface area contributed by atoms with Crippen molar-refractivity contribution >= 4 is 11.6 Å². The fourth-order valence-electron chi connectivity index (χ4n) is 1.77. The van der Waals surface area contributed by atoms with Crippen LogP contribution in [0.2, 0.25) is 5.02 Å². The fraction of sp³-hybridized carbons (Fsp3) is 0.154. The Morgan fingerprint density at radius 3 is 2.75 bits per heavy atom. The summed E-state index contributed by atoms with van der Waals surface area (Å²) in [6, 6.07) is 7.80. The Labute approximate surface area is 100 Å². The van der Waals surface area contributed by atoms with Gasteiger partial charge in [0.1, 0.15) is 0 Å². The predicted octanol–water partition coefficient (Wildman–Crippen LogP) is 3.17. The molecule has 2 nitrogen and oxygen atoms in total. The monoisotopic (exact) mass is 232 g/mol. The third kappa shape index (κ3) is 2.08. The molecule has 0 fully saturated rings. The second kappa shape index (κ2) is 4.64. The number of benzene rings is 1. The van der Waals surface area contributed by atoms with Crippen molar-refractivity contribution in [2.75, 3.05) is 0 Å². The highest BCUT2D eigenvalue weighted by Gasteiger charge is 2.06. The highest BCUT2D eigenvalue weighted by Crippen LogP contribution is 2.28. The van der Waals surface area contributed by atoms with Crippen LogP contribution in [-0.2, 0) is 6.54 Å². The molecule has 0 aliphatic carbocycles. The van der Waals surface area contributed by atoms with E-state index in [1.807, 2.05) is 37.4 Å². The second-order valence-electron chi connectivity index (χ2n) is 3.70. The number of rotatable bonds is 2. The van der Waals surface area contributed by atoms with Gasteiger partial charge in [-0.15, -0.1) is 0 Å². The predicted molar refractivity (Wildman–Crippen MR) is 67.3 cm³/mol. The number of hydrogen-bond donors (Lipinski definition) is 1. The van der Waals surface area contributed by atoms with Crippen LogP contribution >= 0.6 is 11.6 Å². The molecule has 0 atom stereocenters. The molecule has 16 heavy (non-hydrogen) atoms. The molecule has 3 heteroatoms. The van der Waals surface area contributed by atoms with Crippen molar-refractivity contribution in [3.63, 3.8) is 0 Å². The van der Waals surface area contributed by atoms with Gasteiger partial charge in [-0.3, -0.25) is 4.98 Å². The standard InChI is InChI=1S/C13H13ClN2/c1-9-8-16-5-4-12(9)13-3-2-11(14)6-10(13)7-15/h2-6,8H,7,15H2,1H3. The topological polar surface area (TPSA) is 38.9 Å². The highest BCUT2D eigenvalue weighted by molar-refractivity contribution is 6.30. The van der Waals surface area contributed by atoms with E-state index in [0.29, 0.717) is 6.54 Å². The summed E-state index contributed by atoms with van der Waals surface area (Å²) in [4.78, 5) is 4.09. The number of nitrogens with zero attached hydrogens (tertiary/aromatic N) is 1. The first-order chi connectivity index (χ1) is 7.72. The summed E-state index contributed by atoms with van der Waals surface area (Å²) in [5.41, 5.74) is 10.2. The van der Waals surface area contributed by atoms with E-state index in [2.05, 4.69) is 4.98 Å². The molecule has 0 amide bonds. The van der Waals surface area contributed by atoms with E-state index in [1.165, 1.54) is 0 Å². The van der Waals surface area contributed by atoms with Crippen molar-refractivity contribution in [1.29, 1.82) is 0 Å². The molecule has 2 rings (SSSR count). The Morgan fingerprint density at radius 1 is 1.25 bits per heavy atom. The van der Waals surface area contributed by atoms with E-state index in [1.54, 1.807) is 6.20 Å². The van der Waals surface area contributed by atoms with Gasteiger partial charge in [-0.1, -0.05) is 17.7 Å². The van der Waals surface area contributed by atoms with E-state index >= 15 is 0 Å². The summed E-state index contributed by atoms with van der Waals surface area (Å²) in [5.74, 6) is 0. The van der Waals surface area contributed by atoms with E-state index in [9.17, 15) is 0 Å². The average Bonchev–Trinajstić information content (AvgIpc) is 2.30. The van der Waals surface area contributed by atoms with Crippen LogP contribution in [0.5, 0.6) is 0 Å². The van der Waals surface area contributed by atoms with Crippen LogP contribution in [0.15, 0.2) is 36.7 Å². The van der Waals surface area contributed by atoms with Gasteiger partial charge in [0.2, 0.25) is 0 Å². The lowest BCUT2D eigenvalue weighted by Gasteiger charge is -2.10. The first-order valence-electron chi connectivity index (χ1n) is 5.12. The Kier molecular flexibility index (Phi) is 3.22. The number of aryl methyl sites for hydroxylation is 1. The van der Waals surface area contributed by atoms with Crippen molar-refractivity contribution in [2.24, 2.45) is 5.73 Å². The van der Waals surface area contributed by atoms with Gasteiger partial charge < -0.3 is 5.73 Å². The fourth-order valence-corrected chi connectivity index (χ4v) is 1.96. The van der Waals surface area contributed by atoms with Crippen LogP contribution in [0.1, 0.15) is 11.1 Å². The second-order valence-corrected chi connectivity index (χ2v) is 4.13. The number of aromatic nitrogens is 1. The molecule has 1 aromatic heterocycles. The van der Waals surface area contributed by atoms with Gasteiger partial charge in [-0.05, 0) is 47.4 Å². The third-order valence-corrected chi connectivity index (χ3v) is 2.83. The number of pyridine rings is 1. The summed E-state index contributed by atoms with van der Waals surface area (Å²) in [6.07, 6.45) is 3.64. The highest BCUT2D eigenvalue weighted by atomic mass is 35.5. The summed E-state index contributed by atoms with van der Waals surface area (Å²) < 4.78 is 0. The summed E-state index contributed by atoms with van der Waals surface area (Å²) in [5, 5.41) is 0.718. The maximum Gasteiger partial charge on any atom is 0.0409 e. The van der Waals surface area contributed by atoms with Gasteiger partial charge in [0.25, 0.3) is 0 Å². The van der Waals surface area contributed by atoms with Crippen LogP contribution in [-0.4, -0.2) is 4.98 Å². The largest absolute Gasteiger partial charge is 0.326 e. The molecule has 0 aliphatic heterocycles. The van der Waals surface area contributed by atoms with E-state index < -0.39 is 0 Å². The molecule has 2 aromatic rings. The molecule has 0 spiro atoms. The van der Waals surface area contributed by atoms with Crippen LogP contribution < -0.4 is 5.73 Å². The minimum atomic E-state index is 0.484.